The molecule has 108 valence electrons. The molecule has 0 saturated heterocycles. The number of fused-ring (bicyclic) bond motifs is 1. The Labute approximate surface area is 121 Å². The van der Waals surface area contributed by atoms with Gasteiger partial charge in [0.05, 0.1) is 24.1 Å². The van der Waals surface area contributed by atoms with Crippen LogP contribution < -0.4 is 15.4 Å². The predicted octanol–water partition coefficient (Wildman–Crippen LogP) is 1.94. The molecule has 0 spiro atoms. The highest BCUT2D eigenvalue weighted by molar-refractivity contribution is 6.32. The summed E-state index contributed by atoms with van der Waals surface area (Å²) in [5, 5.41) is 14.3. The van der Waals surface area contributed by atoms with Crippen LogP contribution in [0.25, 0.3) is 0 Å². The third-order valence-corrected chi connectivity index (χ3v) is 3.25. The lowest BCUT2D eigenvalue weighted by molar-refractivity contribution is -0.136. The molecule has 3 N–H and O–H groups in total. The summed E-state index contributed by atoms with van der Waals surface area (Å²) in [6.45, 7) is 0.559. The average molecular weight is 299 g/mol. The van der Waals surface area contributed by atoms with Gasteiger partial charge in [-0.15, -0.1) is 0 Å². The van der Waals surface area contributed by atoms with Crippen LogP contribution in [0.15, 0.2) is 18.2 Å². The van der Waals surface area contributed by atoms with Crippen LogP contribution in [-0.2, 0) is 4.79 Å². The zero-order valence-corrected chi connectivity index (χ0v) is 11.4. The summed E-state index contributed by atoms with van der Waals surface area (Å²) in [6.07, 6.45) is 0.531. The molecule has 7 heteroatoms. The van der Waals surface area contributed by atoms with E-state index in [9.17, 15) is 9.59 Å². The fourth-order valence-corrected chi connectivity index (χ4v) is 2.27. The van der Waals surface area contributed by atoms with Crippen LogP contribution in [-0.4, -0.2) is 30.3 Å². The van der Waals surface area contributed by atoms with Crippen LogP contribution in [0, 0.1) is 0 Å². The monoisotopic (exact) mass is 298 g/mol. The Morgan fingerprint density at radius 2 is 2.25 bits per heavy atom. The van der Waals surface area contributed by atoms with Crippen LogP contribution in [0.5, 0.6) is 5.75 Å². The molecule has 0 aromatic heterocycles. The molecule has 6 nitrogen and oxygen atoms in total. The van der Waals surface area contributed by atoms with Crippen molar-refractivity contribution in [2.75, 3.05) is 13.2 Å². The standard InChI is InChI=1S/C13H15ClN2O4/c14-9-3-1-2-8-10(5-7-20-12(8)9)16-13(19)15-6-4-11(17)18/h1-3,10H,4-7H2,(H,17,18)(H2,15,16,19). The third kappa shape index (κ3) is 3.54. The van der Waals surface area contributed by atoms with Gasteiger partial charge < -0.3 is 20.5 Å². The van der Waals surface area contributed by atoms with Crippen LogP contribution in [0.1, 0.15) is 24.4 Å². The van der Waals surface area contributed by atoms with Crippen LogP contribution in [0.2, 0.25) is 5.02 Å². The van der Waals surface area contributed by atoms with E-state index in [1.807, 2.05) is 6.07 Å². The Morgan fingerprint density at radius 3 is 3.00 bits per heavy atom. The molecule has 1 aromatic rings. The maximum absolute atomic E-state index is 11.7. The molecule has 0 aliphatic carbocycles. The van der Waals surface area contributed by atoms with Crippen LogP contribution in [0.3, 0.4) is 0 Å². The molecule has 1 unspecified atom stereocenters. The molecule has 20 heavy (non-hydrogen) atoms. The first kappa shape index (κ1) is 14.5. The maximum atomic E-state index is 11.7. The van der Waals surface area contributed by atoms with E-state index in [4.69, 9.17) is 21.4 Å². The van der Waals surface area contributed by atoms with Crippen molar-refractivity contribution in [3.63, 3.8) is 0 Å². The normalized spacial score (nSPS) is 16.8. The number of hydrogen-bond donors (Lipinski definition) is 3. The van der Waals surface area contributed by atoms with Crippen molar-refractivity contribution in [2.45, 2.75) is 18.9 Å². The summed E-state index contributed by atoms with van der Waals surface area (Å²) >= 11 is 6.04. The lowest BCUT2D eigenvalue weighted by Gasteiger charge is -2.27. The average Bonchev–Trinajstić information content (AvgIpc) is 2.39. The number of hydrogen-bond acceptors (Lipinski definition) is 3. The number of carboxylic acids is 1. The molecule has 1 aliphatic heterocycles. The second-order valence-electron chi connectivity index (χ2n) is 4.39. The second kappa shape index (κ2) is 6.47. The Morgan fingerprint density at radius 1 is 1.45 bits per heavy atom. The largest absolute Gasteiger partial charge is 0.492 e. The van der Waals surface area contributed by atoms with Crippen molar-refractivity contribution in [1.82, 2.24) is 10.6 Å². The molecule has 0 radical (unpaired) electrons. The summed E-state index contributed by atoms with van der Waals surface area (Å²) in [4.78, 5) is 22.1. The number of urea groups is 1. The Kier molecular flexibility index (Phi) is 4.68. The van der Waals surface area contributed by atoms with Gasteiger partial charge in [-0.05, 0) is 6.07 Å². The SMILES string of the molecule is O=C(O)CCNC(=O)NC1CCOc2c(Cl)cccc21. The van der Waals surface area contributed by atoms with Gasteiger partial charge in [0.15, 0.2) is 0 Å². The van der Waals surface area contributed by atoms with Crippen molar-refractivity contribution in [2.24, 2.45) is 0 Å². The van der Waals surface area contributed by atoms with Gasteiger partial charge in [-0.25, -0.2) is 4.79 Å². The van der Waals surface area contributed by atoms with E-state index in [-0.39, 0.29) is 19.0 Å². The van der Waals surface area contributed by atoms with Crippen molar-refractivity contribution in [3.05, 3.63) is 28.8 Å². The van der Waals surface area contributed by atoms with Crippen molar-refractivity contribution in [1.29, 1.82) is 0 Å². The number of ether oxygens (including phenoxy) is 1. The molecule has 2 rings (SSSR count). The van der Waals surface area contributed by atoms with E-state index in [2.05, 4.69) is 10.6 Å². The second-order valence-corrected chi connectivity index (χ2v) is 4.80. The number of rotatable bonds is 4. The van der Waals surface area contributed by atoms with Crippen molar-refractivity contribution < 1.29 is 19.4 Å². The molecular weight excluding hydrogens is 284 g/mol. The molecule has 1 atom stereocenters. The number of halogens is 1. The Bertz CT molecular complexity index is 521. The highest BCUT2D eigenvalue weighted by Crippen LogP contribution is 2.37. The topological polar surface area (TPSA) is 87.7 Å². The van der Waals surface area contributed by atoms with Gasteiger partial charge in [-0.3, -0.25) is 4.79 Å². The van der Waals surface area contributed by atoms with Gasteiger partial charge in [0.25, 0.3) is 0 Å². The van der Waals surface area contributed by atoms with Crippen molar-refractivity contribution in [3.8, 4) is 5.75 Å². The number of nitrogens with one attached hydrogen (secondary N) is 2. The fourth-order valence-electron chi connectivity index (χ4n) is 2.03. The summed E-state index contributed by atoms with van der Waals surface area (Å²) in [5.74, 6) is -0.357. The Balaban J connectivity index is 1.96. The highest BCUT2D eigenvalue weighted by Gasteiger charge is 2.24. The molecule has 0 saturated carbocycles. The van der Waals surface area contributed by atoms with E-state index < -0.39 is 12.0 Å². The minimum atomic E-state index is -0.950. The number of amides is 2. The number of carboxylic acid groups (broad SMARTS) is 1. The molecule has 1 heterocycles. The summed E-state index contributed by atoms with van der Waals surface area (Å²) in [5.41, 5.74) is 0.831. The molecule has 1 aromatic carbocycles. The number of para-hydroxylation sites is 1. The first-order chi connectivity index (χ1) is 9.58. The molecular formula is C13H15ClN2O4. The minimum absolute atomic E-state index is 0.0901. The first-order valence-corrected chi connectivity index (χ1v) is 6.63. The van der Waals surface area contributed by atoms with E-state index in [0.29, 0.717) is 23.8 Å². The van der Waals surface area contributed by atoms with Gasteiger partial charge >= 0.3 is 12.0 Å². The van der Waals surface area contributed by atoms with E-state index in [1.165, 1.54) is 0 Å². The molecule has 1 aliphatic rings. The van der Waals surface area contributed by atoms with Gasteiger partial charge in [0.2, 0.25) is 0 Å². The number of carbonyl (C=O) groups excluding carboxylic acids is 1. The van der Waals surface area contributed by atoms with Crippen LogP contribution in [0.4, 0.5) is 4.79 Å². The first-order valence-electron chi connectivity index (χ1n) is 6.25. The minimum Gasteiger partial charge on any atom is -0.492 e. The summed E-state index contributed by atoms with van der Waals surface area (Å²) in [6, 6.07) is 4.79. The van der Waals surface area contributed by atoms with Crippen LogP contribution >= 0.6 is 11.6 Å². The highest BCUT2D eigenvalue weighted by atomic mass is 35.5. The van der Waals surface area contributed by atoms with E-state index in [1.54, 1.807) is 12.1 Å². The Hall–Kier alpha value is -1.95. The smallest absolute Gasteiger partial charge is 0.315 e. The fraction of sp³-hybridized carbons (Fsp3) is 0.385. The lowest BCUT2D eigenvalue weighted by Crippen LogP contribution is -2.40. The maximum Gasteiger partial charge on any atom is 0.315 e. The zero-order valence-electron chi connectivity index (χ0n) is 10.7. The zero-order chi connectivity index (χ0) is 14.5. The van der Waals surface area contributed by atoms with Gasteiger partial charge in [0, 0.05) is 18.5 Å². The van der Waals surface area contributed by atoms with E-state index in [0.717, 1.165) is 5.56 Å². The third-order valence-electron chi connectivity index (χ3n) is 2.96. The van der Waals surface area contributed by atoms with Gasteiger partial charge in [0.1, 0.15) is 5.75 Å². The number of aliphatic carboxylic acids is 1. The van der Waals surface area contributed by atoms with E-state index >= 15 is 0 Å². The molecule has 2 amide bonds. The number of benzene rings is 1. The summed E-state index contributed by atoms with van der Waals surface area (Å²) < 4.78 is 5.50. The number of carbonyl (C=O) groups is 2. The van der Waals surface area contributed by atoms with Crippen molar-refractivity contribution >= 4 is 23.6 Å². The quantitative estimate of drug-likeness (QED) is 0.792. The molecule has 0 bridgehead atoms. The van der Waals surface area contributed by atoms with Gasteiger partial charge in [-0.2, -0.15) is 0 Å². The summed E-state index contributed by atoms with van der Waals surface area (Å²) in [7, 11) is 0. The lowest BCUT2D eigenvalue weighted by atomic mass is 10.0. The molecule has 0 fully saturated rings. The predicted molar refractivity (Wildman–Crippen MR) is 73.1 cm³/mol. The van der Waals surface area contributed by atoms with Gasteiger partial charge in [-0.1, -0.05) is 23.7 Å².